The number of aliphatic imine (C=N–C) groups is 1. The van der Waals surface area contributed by atoms with Crippen LogP contribution in [0.2, 0.25) is 0 Å². The van der Waals surface area contributed by atoms with Gasteiger partial charge in [-0.1, -0.05) is 29.8 Å². The average molecular weight is 351 g/mol. The van der Waals surface area contributed by atoms with Crippen LogP contribution in [0.25, 0.3) is 6.08 Å². The van der Waals surface area contributed by atoms with Crippen molar-refractivity contribution in [2.24, 2.45) is 4.99 Å². The third-order valence-corrected chi connectivity index (χ3v) is 3.16. The van der Waals surface area contributed by atoms with E-state index in [1.165, 1.54) is 13.1 Å². The number of allylic oxidation sites excluding steroid dienone is 2. The van der Waals surface area contributed by atoms with Gasteiger partial charge in [0.15, 0.2) is 5.76 Å². The minimum absolute atomic E-state index is 0.109. The third-order valence-electron chi connectivity index (χ3n) is 2.94. The van der Waals surface area contributed by atoms with Crippen LogP contribution in [-0.4, -0.2) is 44.4 Å². The standard InChI is InChI=1S/C14H11ClN2O3.C3H8O/c1-16-11-6-4-3-5-9(11)7-10(15)8-12-13(18)17(2)14(19)20-12;1-3-4-2/h3-8H,1H2,2H3;3H2,1-2H3/b10-7-,12-8+;. The summed E-state index contributed by atoms with van der Waals surface area (Å²) >= 11 is 6.05. The van der Waals surface area contributed by atoms with Crippen molar-refractivity contribution in [3.05, 3.63) is 46.7 Å². The Bertz CT molecular complexity index is 681. The topological polar surface area (TPSA) is 68.2 Å². The smallest absolute Gasteiger partial charge is 0.404 e. The summed E-state index contributed by atoms with van der Waals surface area (Å²) in [7, 11) is 3.01. The number of benzene rings is 1. The van der Waals surface area contributed by atoms with E-state index in [2.05, 4.69) is 16.4 Å². The largest absolute Gasteiger partial charge is 0.422 e. The van der Waals surface area contributed by atoms with E-state index in [9.17, 15) is 9.59 Å². The second kappa shape index (κ2) is 9.64. The van der Waals surface area contributed by atoms with Gasteiger partial charge in [0.05, 0.1) is 5.69 Å². The summed E-state index contributed by atoms with van der Waals surface area (Å²) in [6, 6.07) is 7.24. The van der Waals surface area contributed by atoms with Crippen molar-refractivity contribution in [2.75, 3.05) is 20.8 Å². The lowest BCUT2D eigenvalue weighted by Gasteiger charge is -2.00. The first-order valence-corrected chi connectivity index (χ1v) is 7.45. The minimum atomic E-state index is -0.723. The van der Waals surface area contributed by atoms with Gasteiger partial charge in [-0.05, 0) is 25.8 Å². The second-order valence-electron chi connectivity index (χ2n) is 4.56. The van der Waals surface area contributed by atoms with Crippen LogP contribution in [-0.2, 0) is 14.3 Å². The van der Waals surface area contributed by atoms with Gasteiger partial charge in [-0.25, -0.2) is 9.69 Å². The predicted molar refractivity (Wildman–Crippen MR) is 94.4 cm³/mol. The molecule has 0 N–H and O–H groups in total. The van der Waals surface area contributed by atoms with E-state index < -0.39 is 12.0 Å². The van der Waals surface area contributed by atoms with Gasteiger partial charge < -0.3 is 9.47 Å². The van der Waals surface area contributed by atoms with Gasteiger partial charge in [0.2, 0.25) is 0 Å². The van der Waals surface area contributed by atoms with Crippen LogP contribution in [0.1, 0.15) is 12.5 Å². The Balaban J connectivity index is 0.000000648. The van der Waals surface area contributed by atoms with Crippen molar-refractivity contribution in [3.8, 4) is 0 Å². The molecule has 0 spiro atoms. The summed E-state index contributed by atoms with van der Waals surface area (Å²) in [6.07, 6.45) is 2.18. The lowest BCUT2D eigenvalue weighted by Crippen LogP contribution is -2.23. The van der Waals surface area contributed by atoms with Crippen LogP contribution in [0.3, 0.4) is 0 Å². The second-order valence-corrected chi connectivity index (χ2v) is 5.00. The molecule has 1 heterocycles. The molecule has 0 atom stereocenters. The van der Waals surface area contributed by atoms with Gasteiger partial charge in [0.25, 0.3) is 5.91 Å². The number of halogens is 1. The maximum atomic E-state index is 11.6. The highest BCUT2D eigenvalue weighted by Crippen LogP contribution is 2.24. The van der Waals surface area contributed by atoms with Crippen LogP contribution in [0, 0.1) is 0 Å². The lowest BCUT2D eigenvalue weighted by atomic mass is 10.1. The molecule has 24 heavy (non-hydrogen) atoms. The Morgan fingerprint density at radius 2 is 2.04 bits per heavy atom. The van der Waals surface area contributed by atoms with E-state index in [0.29, 0.717) is 5.69 Å². The lowest BCUT2D eigenvalue weighted by molar-refractivity contribution is -0.122. The minimum Gasteiger partial charge on any atom is -0.404 e. The van der Waals surface area contributed by atoms with E-state index in [4.69, 9.17) is 16.3 Å². The van der Waals surface area contributed by atoms with E-state index >= 15 is 0 Å². The average Bonchev–Trinajstić information content (AvgIpc) is 2.82. The summed E-state index contributed by atoms with van der Waals surface area (Å²) in [5, 5.41) is 0.243. The van der Waals surface area contributed by atoms with E-state index in [1.54, 1.807) is 25.3 Å². The molecule has 0 aromatic heterocycles. The first-order valence-electron chi connectivity index (χ1n) is 7.08. The molecule has 1 aliphatic heterocycles. The van der Waals surface area contributed by atoms with E-state index in [-0.39, 0.29) is 10.8 Å². The molecule has 1 aromatic carbocycles. The van der Waals surface area contributed by atoms with E-state index in [0.717, 1.165) is 17.1 Å². The molecule has 0 unspecified atom stereocenters. The van der Waals surface area contributed by atoms with Crippen LogP contribution >= 0.6 is 11.6 Å². The fraction of sp³-hybridized carbons (Fsp3) is 0.235. The number of rotatable bonds is 4. The highest BCUT2D eigenvalue weighted by atomic mass is 35.5. The highest BCUT2D eigenvalue weighted by molar-refractivity contribution is 6.33. The first kappa shape index (κ1) is 19.6. The number of cyclic esters (lactones) is 1. The van der Waals surface area contributed by atoms with Gasteiger partial charge >= 0.3 is 6.09 Å². The Morgan fingerprint density at radius 1 is 1.42 bits per heavy atom. The molecule has 0 bridgehead atoms. The molecule has 1 aromatic rings. The molecule has 0 radical (unpaired) electrons. The highest BCUT2D eigenvalue weighted by Gasteiger charge is 2.33. The fourth-order valence-electron chi connectivity index (χ4n) is 1.61. The van der Waals surface area contributed by atoms with Crippen LogP contribution < -0.4 is 0 Å². The molecule has 7 heteroatoms. The van der Waals surface area contributed by atoms with Crippen molar-refractivity contribution in [3.63, 3.8) is 0 Å². The van der Waals surface area contributed by atoms with Gasteiger partial charge in [0.1, 0.15) is 0 Å². The van der Waals surface area contributed by atoms with Gasteiger partial charge in [-0.15, -0.1) is 0 Å². The number of nitrogens with zero attached hydrogens (tertiary/aromatic N) is 2. The molecule has 0 aliphatic carbocycles. The molecule has 1 saturated heterocycles. The number of likely N-dealkylation sites (N-methyl/N-ethyl adjacent to an activating group) is 1. The van der Waals surface area contributed by atoms with Crippen LogP contribution in [0.15, 0.2) is 46.1 Å². The number of methoxy groups -OCH3 is 1. The number of hydrogen-bond donors (Lipinski definition) is 0. The quantitative estimate of drug-likeness (QED) is 0.612. The van der Waals surface area contributed by atoms with Crippen molar-refractivity contribution in [1.82, 2.24) is 4.90 Å². The molecule has 1 fully saturated rings. The number of para-hydroxylation sites is 1. The number of carbonyl (C=O) groups excluding carboxylic acids is 2. The van der Waals surface area contributed by atoms with Crippen molar-refractivity contribution in [1.29, 1.82) is 0 Å². The van der Waals surface area contributed by atoms with Crippen LogP contribution in [0.5, 0.6) is 0 Å². The molecular formula is C17H19ClN2O4. The summed E-state index contributed by atoms with van der Waals surface area (Å²) in [5.74, 6) is -0.639. The summed E-state index contributed by atoms with van der Waals surface area (Å²) < 4.78 is 9.33. The number of amides is 2. The van der Waals surface area contributed by atoms with Crippen molar-refractivity contribution >= 4 is 42.1 Å². The molecule has 128 valence electrons. The fourth-order valence-corrected chi connectivity index (χ4v) is 1.83. The van der Waals surface area contributed by atoms with Crippen molar-refractivity contribution < 1.29 is 19.1 Å². The third kappa shape index (κ3) is 5.33. The predicted octanol–water partition coefficient (Wildman–Crippen LogP) is 3.74. The zero-order valence-electron chi connectivity index (χ0n) is 13.8. The number of ether oxygens (including phenoxy) is 2. The monoisotopic (exact) mass is 350 g/mol. The summed E-state index contributed by atoms with van der Waals surface area (Å²) in [6.45, 7) is 6.24. The molecule has 0 saturated carbocycles. The summed E-state index contributed by atoms with van der Waals surface area (Å²) in [5.41, 5.74) is 1.41. The van der Waals surface area contributed by atoms with Crippen LogP contribution in [0.4, 0.5) is 10.5 Å². The normalized spacial score (nSPS) is 15.9. The van der Waals surface area contributed by atoms with Gasteiger partial charge in [-0.3, -0.25) is 9.79 Å². The Kier molecular flexibility index (Phi) is 7.88. The van der Waals surface area contributed by atoms with Gasteiger partial charge in [0, 0.05) is 37.4 Å². The molecular weight excluding hydrogens is 332 g/mol. The maximum absolute atomic E-state index is 11.6. The summed E-state index contributed by atoms with van der Waals surface area (Å²) in [4.78, 5) is 27.5. The Labute approximate surface area is 146 Å². The number of hydrogen-bond acceptors (Lipinski definition) is 5. The number of carbonyl (C=O) groups is 2. The number of imide groups is 1. The maximum Gasteiger partial charge on any atom is 0.422 e. The zero-order chi connectivity index (χ0) is 18.1. The van der Waals surface area contributed by atoms with Crippen molar-refractivity contribution in [2.45, 2.75) is 6.92 Å². The molecule has 2 amide bonds. The molecule has 1 aliphatic rings. The van der Waals surface area contributed by atoms with E-state index in [1.807, 2.05) is 19.1 Å². The SMILES string of the molecule is C=Nc1ccccc1/C=C(Cl)/C=C1/OC(=O)N(C)C1=O.CCOC. The first-order chi connectivity index (χ1) is 11.4. The zero-order valence-corrected chi connectivity index (χ0v) is 14.5. The molecule has 2 rings (SSSR count). The molecule has 6 nitrogen and oxygen atoms in total. The Hall–Kier alpha value is -2.44. The van der Waals surface area contributed by atoms with Gasteiger partial charge in [-0.2, -0.15) is 0 Å². The Morgan fingerprint density at radius 3 is 2.54 bits per heavy atom.